The molecule has 0 aliphatic rings. The number of carbonyl (C=O) groups is 1. The Balaban J connectivity index is 1.72. The number of carbonyl (C=O) groups excluding carboxylic acids is 1. The molecule has 1 N–H and O–H groups in total. The average Bonchev–Trinajstić information content (AvgIpc) is 3.11. The molecule has 0 saturated heterocycles. The SMILES string of the molecule is C=CCn1c(SCC(=O)Nc2ccc(I)cc2C)nnc1-c1ccc(OC)cc1. The Kier molecular flexibility index (Phi) is 7.32. The summed E-state index contributed by atoms with van der Waals surface area (Å²) in [4.78, 5) is 12.4. The number of hydrogen-bond donors (Lipinski definition) is 1. The van der Waals surface area contributed by atoms with Crippen molar-refractivity contribution in [1.29, 1.82) is 0 Å². The van der Waals surface area contributed by atoms with Gasteiger partial charge in [-0.2, -0.15) is 0 Å². The Bertz CT molecular complexity index is 1020. The number of allylic oxidation sites excluding steroid dienone is 1. The van der Waals surface area contributed by atoms with Crippen molar-refractivity contribution in [1.82, 2.24) is 14.8 Å². The van der Waals surface area contributed by atoms with Crippen molar-refractivity contribution in [3.63, 3.8) is 0 Å². The van der Waals surface area contributed by atoms with Crippen molar-refractivity contribution >= 4 is 45.9 Å². The molecule has 0 spiro atoms. The summed E-state index contributed by atoms with van der Waals surface area (Å²) in [5.41, 5.74) is 2.78. The van der Waals surface area contributed by atoms with Gasteiger partial charge in [-0.15, -0.1) is 16.8 Å². The summed E-state index contributed by atoms with van der Waals surface area (Å²) in [5.74, 6) is 1.66. The molecular weight excluding hydrogens is 499 g/mol. The zero-order chi connectivity index (χ0) is 20.8. The normalized spacial score (nSPS) is 10.6. The lowest BCUT2D eigenvalue weighted by molar-refractivity contribution is -0.113. The summed E-state index contributed by atoms with van der Waals surface area (Å²) in [6.07, 6.45) is 1.79. The predicted octanol–water partition coefficient (Wildman–Crippen LogP) is 4.78. The smallest absolute Gasteiger partial charge is 0.234 e. The number of thioether (sulfide) groups is 1. The maximum atomic E-state index is 12.4. The number of aromatic nitrogens is 3. The molecule has 3 rings (SSSR count). The lowest BCUT2D eigenvalue weighted by atomic mass is 10.2. The third kappa shape index (κ3) is 5.39. The lowest BCUT2D eigenvalue weighted by Crippen LogP contribution is -2.15. The van der Waals surface area contributed by atoms with Crippen LogP contribution in [0.25, 0.3) is 11.4 Å². The Hall–Kier alpha value is -2.33. The molecule has 8 heteroatoms. The van der Waals surface area contributed by atoms with E-state index >= 15 is 0 Å². The first kappa shape index (κ1) is 21.4. The molecule has 0 radical (unpaired) electrons. The first-order valence-electron chi connectivity index (χ1n) is 8.89. The van der Waals surface area contributed by atoms with E-state index in [4.69, 9.17) is 4.74 Å². The predicted molar refractivity (Wildman–Crippen MR) is 125 cm³/mol. The molecular formula is C21H21IN4O2S. The highest BCUT2D eigenvalue weighted by atomic mass is 127. The van der Waals surface area contributed by atoms with Gasteiger partial charge in [-0.05, 0) is 77.5 Å². The van der Waals surface area contributed by atoms with Gasteiger partial charge in [-0.25, -0.2) is 0 Å². The van der Waals surface area contributed by atoms with Crippen molar-refractivity contribution in [2.24, 2.45) is 0 Å². The Labute approximate surface area is 187 Å². The fourth-order valence-electron chi connectivity index (χ4n) is 2.73. The lowest BCUT2D eigenvalue weighted by Gasteiger charge is -2.10. The molecule has 0 bridgehead atoms. The maximum absolute atomic E-state index is 12.4. The van der Waals surface area contributed by atoms with E-state index in [0.29, 0.717) is 11.7 Å². The van der Waals surface area contributed by atoms with Crippen LogP contribution in [-0.2, 0) is 11.3 Å². The molecule has 0 unspecified atom stereocenters. The number of nitrogens with zero attached hydrogens (tertiary/aromatic N) is 3. The summed E-state index contributed by atoms with van der Waals surface area (Å²) in [5, 5.41) is 12.2. The van der Waals surface area contributed by atoms with E-state index in [2.05, 4.69) is 44.7 Å². The number of halogens is 1. The van der Waals surface area contributed by atoms with Crippen LogP contribution < -0.4 is 10.1 Å². The number of ether oxygens (including phenoxy) is 1. The first-order valence-corrected chi connectivity index (χ1v) is 11.0. The molecule has 1 heterocycles. The van der Waals surface area contributed by atoms with Gasteiger partial charge >= 0.3 is 0 Å². The van der Waals surface area contributed by atoms with Crippen molar-refractivity contribution < 1.29 is 9.53 Å². The van der Waals surface area contributed by atoms with Crippen molar-refractivity contribution in [2.75, 3.05) is 18.2 Å². The number of benzene rings is 2. The van der Waals surface area contributed by atoms with Gasteiger partial charge in [0.05, 0.1) is 12.9 Å². The van der Waals surface area contributed by atoms with Crippen LogP contribution in [0.3, 0.4) is 0 Å². The van der Waals surface area contributed by atoms with Crippen LogP contribution in [0.4, 0.5) is 5.69 Å². The quantitative estimate of drug-likeness (QED) is 0.263. The minimum Gasteiger partial charge on any atom is -0.497 e. The highest BCUT2D eigenvalue weighted by Gasteiger charge is 2.15. The molecule has 150 valence electrons. The summed E-state index contributed by atoms with van der Waals surface area (Å²) in [6.45, 7) is 6.35. The molecule has 1 aromatic heterocycles. The van der Waals surface area contributed by atoms with Crippen LogP contribution in [0, 0.1) is 10.5 Å². The second-order valence-electron chi connectivity index (χ2n) is 6.23. The summed E-state index contributed by atoms with van der Waals surface area (Å²) in [6, 6.07) is 13.6. The minimum absolute atomic E-state index is 0.0848. The van der Waals surface area contributed by atoms with Gasteiger partial charge in [0, 0.05) is 21.4 Å². The van der Waals surface area contributed by atoms with Crippen LogP contribution in [0.1, 0.15) is 5.56 Å². The zero-order valence-electron chi connectivity index (χ0n) is 16.2. The van der Waals surface area contributed by atoms with E-state index in [1.54, 1.807) is 13.2 Å². The van der Waals surface area contributed by atoms with Crippen molar-refractivity contribution in [2.45, 2.75) is 18.6 Å². The second kappa shape index (κ2) is 9.93. The molecule has 0 saturated carbocycles. The number of amides is 1. The van der Waals surface area contributed by atoms with Gasteiger partial charge in [0.25, 0.3) is 0 Å². The van der Waals surface area contributed by atoms with Gasteiger partial charge < -0.3 is 10.1 Å². The molecule has 0 atom stereocenters. The zero-order valence-corrected chi connectivity index (χ0v) is 19.2. The number of rotatable bonds is 8. The van der Waals surface area contributed by atoms with Crippen LogP contribution in [0.5, 0.6) is 5.75 Å². The topological polar surface area (TPSA) is 69.0 Å². The molecule has 3 aromatic rings. The van der Waals surface area contributed by atoms with Gasteiger partial charge in [0.15, 0.2) is 11.0 Å². The maximum Gasteiger partial charge on any atom is 0.234 e. The molecule has 0 aliphatic carbocycles. The summed E-state index contributed by atoms with van der Waals surface area (Å²) >= 11 is 3.60. The molecule has 0 aliphatic heterocycles. The standard InChI is InChI=1S/C21H21IN4O2S/c1-4-11-26-20(15-5-8-17(28-3)9-6-15)24-25-21(26)29-13-19(27)23-18-10-7-16(22)12-14(18)2/h4-10,12H,1,11,13H2,2-3H3,(H,23,27). The molecule has 29 heavy (non-hydrogen) atoms. The Morgan fingerprint density at radius 2 is 2.03 bits per heavy atom. The van der Waals surface area contributed by atoms with Gasteiger partial charge in [0.2, 0.25) is 5.91 Å². The first-order chi connectivity index (χ1) is 14.0. The molecule has 2 aromatic carbocycles. The molecule has 1 amide bonds. The van der Waals surface area contributed by atoms with E-state index in [1.807, 2.05) is 54.0 Å². The van der Waals surface area contributed by atoms with Gasteiger partial charge in [-0.3, -0.25) is 9.36 Å². The minimum atomic E-state index is -0.0848. The number of anilines is 1. The van der Waals surface area contributed by atoms with Crippen LogP contribution in [0.2, 0.25) is 0 Å². The van der Waals surface area contributed by atoms with Crippen LogP contribution >= 0.6 is 34.4 Å². The van der Waals surface area contributed by atoms with Crippen LogP contribution in [0.15, 0.2) is 60.3 Å². The van der Waals surface area contributed by atoms with E-state index < -0.39 is 0 Å². The number of methoxy groups -OCH3 is 1. The molecule has 0 fully saturated rings. The van der Waals surface area contributed by atoms with E-state index in [-0.39, 0.29) is 11.7 Å². The van der Waals surface area contributed by atoms with Crippen LogP contribution in [-0.4, -0.2) is 33.5 Å². The highest BCUT2D eigenvalue weighted by Crippen LogP contribution is 2.26. The largest absolute Gasteiger partial charge is 0.497 e. The fraction of sp³-hybridized carbons (Fsp3) is 0.190. The highest BCUT2D eigenvalue weighted by molar-refractivity contribution is 14.1. The summed E-state index contributed by atoms with van der Waals surface area (Å²) in [7, 11) is 1.63. The second-order valence-corrected chi connectivity index (χ2v) is 8.42. The van der Waals surface area contributed by atoms with E-state index in [9.17, 15) is 4.79 Å². The van der Waals surface area contributed by atoms with E-state index in [0.717, 1.165) is 32.0 Å². The third-order valence-electron chi connectivity index (χ3n) is 4.17. The third-order valence-corrected chi connectivity index (χ3v) is 5.81. The van der Waals surface area contributed by atoms with Crippen molar-refractivity contribution in [3.8, 4) is 17.1 Å². The summed E-state index contributed by atoms with van der Waals surface area (Å²) < 4.78 is 8.29. The van der Waals surface area contributed by atoms with Gasteiger partial charge in [-0.1, -0.05) is 17.8 Å². The average molecular weight is 520 g/mol. The number of nitrogens with one attached hydrogen (secondary N) is 1. The van der Waals surface area contributed by atoms with Crippen molar-refractivity contribution in [3.05, 3.63) is 64.3 Å². The fourth-order valence-corrected chi connectivity index (χ4v) is 4.12. The van der Waals surface area contributed by atoms with E-state index in [1.165, 1.54) is 11.8 Å². The Morgan fingerprint density at radius 3 is 2.69 bits per heavy atom. The number of hydrogen-bond acceptors (Lipinski definition) is 5. The van der Waals surface area contributed by atoms with Gasteiger partial charge in [0.1, 0.15) is 5.75 Å². The molecule has 6 nitrogen and oxygen atoms in total. The monoisotopic (exact) mass is 520 g/mol. The number of aryl methyl sites for hydroxylation is 1. The Morgan fingerprint density at radius 1 is 1.28 bits per heavy atom.